The molecule has 0 saturated heterocycles. The molecule has 0 spiro atoms. The van der Waals surface area contributed by atoms with Crippen molar-refractivity contribution in [1.29, 1.82) is 0 Å². The molecular formula is C10H16O2. The summed E-state index contributed by atoms with van der Waals surface area (Å²) in [4.78, 5) is 0. The van der Waals surface area contributed by atoms with Crippen LogP contribution in [0.4, 0.5) is 0 Å². The van der Waals surface area contributed by atoms with Gasteiger partial charge in [0.25, 0.3) is 0 Å². The van der Waals surface area contributed by atoms with Gasteiger partial charge in [-0.15, -0.1) is 0 Å². The molecule has 2 heteroatoms. The largest absolute Gasteiger partial charge is 0.497 e. The lowest BCUT2D eigenvalue weighted by molar-refractivity contribution is 0.399. The summed E-state index contributed by atoms with van der Waals surface area (Å²) in [5.41, 5.74) is 2.58. The minimum Gasteiger partial charge on any atom is -0.497 e. The standard InChI is InChI=1S/C9H12O.CH4O/c1-7-4-5-9(10-3)6-8(7)2;1-2/h4-6H,1-3H3;2H,1H3. The zero-order chi connectivity index (χ0) is 9.56. The number of rotatable bonds is 1. The van der Waals surface area contributed by atoms with Gasteiger partial charge in [0.2, 0.25) is 0 Å². The number of ether oxygens (including phenoxy) is 1. The molecule has 0 amide bonds. The van der Waals surface area contributed by atoms with Crippen molar-refractivity contribution in [2.45, 2.75) is 13.8 Å². The monoisotopic (exact) mass is 168 g/mol. The molecule has 68 valence electrons. The van der Waals surface area contributed by atoms with E-state index >= 15 is 0 Å². The molecule has 0 aliphatic carbocycles. The summed E-state index contributed by atoms with van der Waals surface area (Å²) >= 11 is 0. The molecule has 0 bridgehead atoms. The summed E-state index contributed by atoms with van der Waals surface area (Å²) in [5.74, 6) is 0.933. The van der Waals surface area contributed by atoms with E-state index in [2.05, 4.69) is 19.9 Å². The number of aliphatic hydroxyl groups is 1. The third kappa shape index (κ3) is 2.93. The number of hydrogen-bond acceptors (Lipinski definition) is 2. The van der Waals surface area contributed by atoms with Gasteiger partial charge in [0.15, 0.2) is 0 Å². The normalized spacial score (nSPS) is 8.42. The second kappa shape index (κ2) is 5.61. The van der Waals surface area contributed by atoms with Gasteiger partial charge in [-0.25, -0.2) is 0 Å². The van der Waals surface area contributed by atoms with E-state index in [0.717, 1.165) is 12.9 Å². The predicted molar refractivity (Wildman–Crippen MR) is 50.6 cm³/mol. The molecular weight excluding hydrogens is 152 g/mol. The van der Waals surface area contributed by atoms with E-state index < -0.39 is 0 Å². The SMILES string of the molecule is CO.COc1ccc(C)c(C)c1. The van der Waals surface area contributed by atoms with Crippen LogP contribution in [-0.2, 0) is 0 Å². The number of aryl methyl sites for hydroxylation is 2. The lowest BCUT2D eigenvalue weighted by Gasteiger charge is -2.02. The van der Waals surface area contributed by atoms with Gasteiger partial charge in [0.1, 0.15) is 5.75 Å². The van der Waals surface area contributed by atoms with Crippen molar-refractivity contribution in [3.63, 3.8) is 0 Å². The second-order valence-electron chi connectivity index (χ2n) is 2.45. The quantitative estimate of drug-likeness (QED) is 0.694. The molecule has 1 rings (SSSR count). The highest BCUT2D eigenvalue weighted by Gasteiger charge is 1.93. The van der Waals surface area contributed by atoms with Crippen LogP contribution >= 0.6 is 0 Å². The zero-order valence-corrected chi connectivity index (χ0v) is 8.09. The van der Waals surface area contributed by atoms with Crippen LogP contribution in [0.5, 0.6) is 5.75 Å². The molecule has 0 aliphatic rings. The van der Waals surface area contributed by atoms with E-state index in [4.69, 9.17) is 9.84 Å². The van der Waals surface area contributed by atoms with Crippen molar-refractivity contribution in [3.8, 4) is 5.75 Å². The summed E-state index contributed by atoms with van der Waals surface area (Å²) in [6, 6.07) is 6.08. The summed E-state index contributed by atoms with van der Waals surface area (Å²) < 4.78 is 5.05. The molecule has 0 saturated carbocycles. The van der Waals surface area contributed by atoms with Crippen molar-refractivity contribution < 1.29 is 9.84 Å². The molecule has 1 aromatic carbocycles. The van der Waals surface area contributed by atoms with Gasteiger partial charge < -0.3 is 9.84 Å². The molecule has 0 atom stereocenters. The summed E-state index contributed by atoms with van der Waals surface area (Å²) in [6.45, 7) is 4.17. The fourth-order valence-corrected chi connectivity index (χ4v) is 0.841. The number of aliphatic hydroxyl groups excluding tert-OH is 1. The summed E-state index contributed by atoms with van der Waals surface area (Å²) in [7, 11) is 2.68. The van der Waals surface area contributed by atoms with Gasteiger partial charge in [0.05, 0.1) is 7.11 Å². The van der Waals surface area contributed by atoms with Gasteiger partial charge in [-0.05, 0) is 37.1 Å². The first-order valence-corrected chi connectivity index (χ1v) is 3.80. The Labute approximate surface area is 73.8 Å². The van der Waals surface area contributed by atoms with E-state index in [9.17, 15) is 0 Å². The van der Waals surface area contributed by atoms with Crippen LogP contribution in [-0.4, -0.2) is 19.3 Å². The first-order chi connectivity index (χ1) is 5.74. The van der Waals surface area contributed by atoms with Crippen LogP contribution in [0, 0.1) is 13.8 Å². The van der Waals surface area contributed by atoms with Gasteiger partial charge >= 0.3 is 0 Å². The second-order valence-corrected chi connectivity index (χ2v) is 2.45. The van der Waals surface area contributed by atoms with E-state index in [1.807, 2.05) is 12.1 Å². The Morgan fingerprint density at radius 1 is 1.08 bits per heavy atom. The fraction of sp³-hybridized carbons (Fsp3) is 0.400. The predicted octanol–water partition coefficient (Wildman–Crippen LogP) is 1.92. The third-order valence-electron chi connectivity index (χ3n) is 1.71. The zero-order valence-electron chi connectivity index (χ0n) is 8.09. The van der Waals surface area contributed by atoms with Crippen molar-refractivity contribution in [3.05, 3.63) is 29.3 Å². The average Bonchev–Trinajstić information content (AvgIpc) is 2.13. The molecule has 1 aromatic rings. The first kappa shape index (κ1) is 11.0. The highest BCUT2D eigenvalue weighted by molar-refractivity contribution is 5.33. The molecule has 0 unspecified atom stereocenters. The number of methoxy groups -OCH3 is 1. The van der Waals surface area contributed by atoms with Gasteiger partial charge in [-0.3, -0.25) is 0 Å². The van der Waals surface area contributed by atoms with Crippen LogP contribution in [0.25, 0.3) is 0 Å². The first-order valence-electron chi connectivity index (χ1n) is 3.80. The number of hydrogen-bond donors (Lipinski definition) is 1. The molecule has 1 N–H and O–H groups in total. The van der Waals surface area contributed by atoms with Gasteiger partial charge in [-0.1, -0.05) is 6.07 Å². The molecule has 0 aliphatic heterocycles. The Morgan fingerprint density at radius 2 is 1.67 bits per heavy atom. The molecule has 0 heterocycles. The van der Waals surface area contributed by atoms with E-state index in [0.29, 0.717) is 0 Å². The maximum absolute atomic E-state index is 7.00. The maximum atomic E-state index is 7.00. The molecule has 0 radical (unpaired) electrons. The summed E-state index contributed by atoms with van der Waals surface area (Å²) in [5, 5.41) is 7.00. The van der Waals surface area contributed by atoms with Crippen LogP contribution < -0.4 is 4.74 Å². The van der Waals surface area contributed by atoms with Crippen molar-refractivity contribution in [1.82, 2.24) is 0 Å². The van der Waals surface area contributed by atoms with Crippen molar-refractivity contribution >= 4 is 0 Å². The Hall–Kier alpha value is -1.02. The van der Waals surface area contributed by atoms with E-state index in [-0.39, 0.29) is 0 Å². The Bertz CT molecular complexity index is 231. The fourth-order valence-electron chi connectivity index (χ4n) is 0.841. The van der Waals surface area contributed by atoms with Crippen LogP contribution in [0.1, 0.15) is 11.1 Å². The lowest BCUT2D eigenvalue weighted by Crippen LogP contribution is -1.85. The Morgan fingerprint density at radius 3 is 2.08 bits per heavy atom. The Balaban J connectivity index is 0.000000561. The molecule has 0 aromatic heterocycles. The maximum Gasteiger partial charge on any atom is 0.119 e. The van der Waals surface area contributed by atoms with Crippen LogP contribution in [0.3, 0.4) is 0 Å². The average molecular weight is 168 g/mol. The van der Waals surface area contributed by atoms with Crippen LogP contribution in [0.15, 0.2) is 18.2 Å². The molecule has 12 heavy (non-hydrogen) atoms. The van der Waals surface area contributed by atoms with E-state index in [1.54, 1.807) is 7.11 Å². The minimum absolute atomic E-state index is 0.933. The minimum atomic E-state index is 0.933. The summed E-state index contributed by atoms with van der Waals surface area (Å²) in [6.07, 6.45) is 0. The number of benzene rings is 1. The molecule has 0 fully saturated rings. The third-order valence-corrected chi connectivity index (χ3v) is 1.71. The van der Waals surface area contributed by atoms with Gasteiger partial charge in [0, 0.05) is 7.11 Å². The van der Waals surface area contributed by atoms with E-state index in [1.165, 1.54) is 11.1 Å². The topological polar surface area (TPSA) is 29.5 Å². The molecule has 2 nitrogen and oxygen atoms in total. The smallest absolute Gasteiger partial charge is 0.119 e. The van der Waals surface area contributed by atoms with Crippen LogP contribution in [0.2, 0.25) is 0 Å². The van der Waals surface area contributed by atoms with Gasteiger partial charge in [-0.2, -0.15) is 0 Å². The lowest BCUT2D eigenvalue weighted by atomic mass is 10.1. The van der Waals surface area contributed by atoms with Crippen molar-refractivity contribution in [2.24, 2.45) is 0 Å². The highest BCUT2D eigenvalue weighted by Crippen LogP contribution is 2.15. The van der Waals surface area contributed by atoms with Crippen molar-refractivity contribution in [2.75, 3.05) is 14.2 Å². The highest BCUT2D eigenvalue weighted by atomic mass is 16.5. The Kier molecular flexibility index (Phi) is 5.13.